The molecule has 0 aliphatic carbocycles. The Hall–Kier alpha value is -0.900. The monoisotopic (exact) mass is 322 g/mol. The minimum Gasteiger partial charge on any atom is -0.330 e. The fraction of sp³-hybridized carbons (Fsp3) is 0.700. The van der Waals surface area contributed by atoms with Gasteiger partial charge in [0.2, 0.25) is 0 Å². The average Bonchev–Trinajstić information content (AvgIpc) is 2.59. The quantitative estimate of drug-likeness (QED) is 0.380. The van der Waals surface area contributed by atoms with Crippen molar-refractivity contribution in [1.29, 1.82) is 0 Å². The third-order valence-electron chi connectivity index (χ3n) is 4.61. The zero-order valence-electron chi connectivity index (χ0n) is 15.6. The summed E-state index contributed by atoms with van der Waals surface area (Å²) in [6, 6.07) is 8.58. The SMILES string of the molecule is CCCCCCCCC(c1ccc(C)cc1)C(OC)(OC)OC. The van der Waals surface area contributed by atoms with Gasteiger partial charge in [-0.15, -0.1) is 0 Å². The number of hydrogen-bond acceptors (Lipinski definition) is 3. The number of unbranched alkanes of at least 4 members (excludes halogenated alkanes) is 5. The van der Waals surface area contributed by atoms with Gasteiger partial charge in [-0.1, -0.05) is 75.3 Å². The zero-order valence-corrected chi connectivity index (χ0v) is 15.6. The van der Waals surface area contributed by atoms with E-state index in [1.165, 1.54) is 43.2 Å². The van der Waals surface area contributed by atoms with Crippen molar-refractivity contribution in [1.82, 2.24) is 0 Å². The standard InChI is InChI=1S/C20H34O3/c1-6-7-8-9-10-11-12-19(20(21-3,22-4)23-5)18-15-13-17(2)14-16-18/h13-16,19H,6-12H2,1-5H3. The number of rotatable bonds is 12. The second-order valence-corrected chi connectivity index (χ2v) is 6.24. The van der Waals surface area contributed by atoms with Gasteiger partial charge in [0.05, 0.1) is 5.92 Å². The van der Waals surface area contributed by atoms with Gasteiger partial charge in [0.1, 0.15) is 0 Å². The molecule has 0 saturated carbocycles. The van der Waals surface area contributed by atoms with Crippen LogP contribution in [0.15, 0.2) is 24.3 Å². The average molecular weight is 322 g/mol. The van der Waals surface area contributed by atoms with Crippen LogP contribution in [-0.4, -0.2) is 27.3 Å². The molecule has 0 radical (unpaired) electrons. The van der Waals surface area contributed by atoms with E-state index in [1.807, 2.05) is 0 Å². The van der Waals surface area contributed by atoms with Crippen molar-refractivity contribution in [3.63, 3.8) is 0 Å². The summed E-state index contributed by atoms with van der Waals surface area (Å²) in [4.78, 5) is 0. The molecule has 0 aliphatic rings. The summed E-state index contributed by atoms with van der Waals surface area (Å²) in [7, 11) is 4.94. The van der Waals surface area contributed by atoms with Gasteiger partial charge in [-0.2, -0.15) is 0 Å². The van der Waals surface area contributed by atoms with Crippen LogP contribution in [-0.2, 0) is 14.2 Å². The van der Waals surface area contributed by atoms with Crippen molar-refractivity contribution < 1.29 is 14.2 Å². The molecule has 0 bridgehead atoms. The third-order valence-corrected chi connectivity index (χ3v) is 4.61. The minimum atomic E-state index is -1.02. The Bertz CT molecular complexity index is 401. The molecule has 23 heavy (non-hydrogen) atoms. The Labute approximate surface area is 142 Å². The van der Waals surface area contributed by atoms with Gasteiger partial charge in [0.25, 0.3) is 5.97 Å². The lowest BCUT2D eigenvalue weighted by Crippen LogP contribution is -2.42. The summed E-state index contributed by atoms with van der Waals surface area (Å²) in [5.74, 6) is -0.951. The lowest BCUT2D eigenvalue weighted by atomic mass is 9.89. The van der Waals surface area contributed by atoms with Crippen molar-refractivity contribution >= 4 is 0 Å². The second-order valence-electron chi connectivity index (χ2n) is 6.24. The Balaban J connectivity index is 2.78. The van der Waals surface area contributed by atoms with E-state index in [2.05, 4.69) is 38.1 Å². The molecule has 1 aromatic carbocycles. The predicted octanol–water partition coefficient (Wildman–Crippen LogP) is 5.42. The van der Waals surface area contributed by atoms with E-state index in [0.29, 0.717) is 0 Å². The Morgan fingerprint density at radius 3 is 1.87 bits per heavy atom. The highest BCUT2D eigenvalue weighted by Gasteiger charge is 2.40. The van der Waals surface area contributed by atoms with Crippen LogP contribution >= 0.6 is 0 Å². The van der Waals surface area contributed by atoms with E-state index in [9.17, 15) is 0 Å². The van der Waals surface area contributed by atoms with E-state index in [4.69, 9.17) is 14.2 Å². The highest BCUT2D eigenvalue weighted by atomic mass is 16.9. The van der Waals surface area contributed by atoms with Crippen molar-refractivity contribution in [2.24, 2.45) is 0 Å². The van der Waals surface area contributed by atoms with Crippen molar-refractivity contribution in [3.8, 4) is 0 Å². The van der Waals surface area contributed by atoms with E-state index in [0.717, 1.165) is 12.8 Å². The summed E-state index contributed by atoms with van der Waals surface area (Å²) in [5, 5.41) is 0. The lowest BCUT2D eigenvalue weighted by Gasteiger charge is -2.36. The maximum absolute atomic E-state index is 5.63. The van der Waals surface area contributed by atoms with Crippen LogP contribution < -0.4 is 0 Å². The van der Waals surface area contributed by atoms with Gasteiger partial charge in [-0.05, 0) is 18.9 Å². The first-order chi connectivity index (χ1) is 11.1. The van der Waals surface area contributed by atoms with Crippen LogP contribution in [0.5, 0.6) is 0 Å². The molecule has 0 spiro atoms. The number of ether oxygens (including phenoxy) is 3. The molecule has 0 heterocycles. The van der Waals surface area contributed by atoms with Crippen LogP contribution in [0.2, 0.25) is 0 Å². The number of benzene rings is 1. The van der Waals surface area contributed by atoms with Crippen LogP contribution in [0.1, 0.15) is 68.9 Å². The maximum atomic E-state index is 5.63. The van der Waals surface area contributed by atoms with E-state index in [1.54, 1.807) is 21.3 Å². The Morgan fingerprint density at radius 1 is 0.826 bits per heavy atom. The predicted molar refractivity (Wildman–Crippen MR) is 95.7 cm³/mol. The molecular weight excluding hydrogens is 288 g/mol. The number of hydrogen-bond donors (Lipinski definition) is 0. The molecule has 1 aromatic rings. The van der Waals surface area contributed by atoms with Crippen molar-refractivity contribution in [2.45, 2.75) is 70.7 Å². The third kappa shape index (κ3) is 5.91. The van der Waals surface area contributed by atoms with Crippen LogP contribution in [0, 0.1) is 6.92 Å². The fourth-order valence-corrected chi connectivity index (χ4v) is 3.15. The molecule has 0 N–H and O–H groups in total. The molecule has 0 saturated heterocycles. The Kier molecular flexibility index (Phi) is 9.46. The molecule has 1 rings (SSSR count). The van der Waals surface area contributed by atoms with Crippen molar-refractivity contribution in [2.75, 3.05) is 21.3 Å². The highest BCUT2D eigenvalue weighted by Crippen LogP contribution is 2.37. The van der Waals surface area contributed by atoms with Gasteiger partial charge in [0, 0.05) is 21.3 Å². The zero-order chi connectivity index (χ0) is 17.1. The first-order valence-corrected chi connectivity index (χ1v) is 8.85. The van der Waals surface area contributed by atoms with E-state index >= 15 is 0 Å². The van der Waals surface area contributed by atoms with Crippen LogP contribution in [0.3, 0.4) is 0 Å². The minimum absolute atomic E-state index is 0.0641. The Morgan fingerprint density at radius 2 is 1.35 bits per heavy atom. The fourth-order valence-electron chi connectivity index (χ4n) is 3.15. The molecule has 3 nitrogen and oxygen atoms in total. The lowest BCUT2D eigenvalue weighted by molar-refractivity contribution is -0.365. The van der Waals surface area contributed by atoms with Crippen molar-refractivity contribution in [3.05, 3.63) is 35.4 Å². The topological polar surface area (TPSA) is 27.7 Å². The summed E-state index contributed by atoms with van der Waals surface area (Å²) < 4.78 is 16.9. The van der Waals surface area contributed by atoms with Gasteiger partial charge < -0.3 is 14.2 Å². The van der Waals surface area contributed by atoms with Crippen LogP contribution in [0.4, 0.5) is 0 Å². The number of methoxy groups -OCH3 is 3. The second kappa shape index (κ2) is 10.8. The largest absolute Gasteiger partial charge is 0.330 e. The maximum Gasteiger partial charge on any atom is 0.289 e. The van der Waals surface area contributed by atoms with Gasteiger partial charge >= 0.3 is 0 Å². The highest BCUT2D eigenvalue weighted by molar-refractivity contribution is 5.25. The van der Waals surface area contributed by atoms with Gasteiger partial charge in [-0.3, -0.25) is 0 Å². The summed E-state index contributed by atoms with van der Waals surface area (Å²) in [6.45, 7) is 4.35. The van der Waals surface area contributed by atoms with Gasteiger partial charge in [-0.25, -0.2) is 0 Å². The molecule has 1 atom stereocenters. The smallest absolute Gasteiger partial charge is 0.289 e. The molecule has 0 aliphatic heterocycles. The first-order valence-electron chi connectivity index (χ1n) is 8.85. The summed E-state index contributed by atoms with van der Waals surface area (Å²) >= 11 is 0. The van der Waals surface area contributed by atoms with Crippen LogP contribution in [0.25, 0.3) is 0 Å². The first kappa shape index (κ1) is 20.1. The molecule has 0 fully saturated rings. The number of aryl methyl sites for hydroxylation is 1. The normalized spacial score (nSPS) is 13.3. The van der Waals surface area contributed by atoms with Gasteiger partial charge in [0.15, 0.2) is 0 Å². The molecule has 0 aromatic heterocycles. The molecule has 3 heteroatoms. The molecule has 132 valence electrons. The van der Waals surface area contributed by atoms with E-state index < -0.39 is 5.97 Å². The molecule has 0 amide bonds. The summed E-state index contributed by atoms with van der Waals surface area (Å²) in [6.07, 6.45) is 8.64. The molecular formula is C20H34O3. The van der Waals surface area contributed by atoms with E-state index in [-0.39, 0.29) is 5.92 Å². The summed E-state index contributed by atoms with van der Waals surface area (Å²) in [5.41, 5.74) is 2.46. The molecule has 1 unspecified atom stereocenters.